The Labute approximate surface area is 213 Å². The summed E-state index contributed by atoms with van der Waals surface area (Å²) < 4.78 is 0. The van der Waals surface area contributed by atoms with Gasteiger partial charge in [0.25, 0.3) is 0 Å². The number of benzene rings is 3. The molecule has 184 valence electrons. The van der Waals surface area contributed by atoms with Crippen molar-refractivity contribution in [2.75, 3.05) is 10.6 Å². The number of hydrogen-bond acceptors (Lipinski definition) is 2. The summed E-state index contributed by atoms with van der Waals surface area (Å²) in [7, 11) is 0. The largest absolute Gasteiger partial charge is 0.326 e. The summed E-state index contributed by atoms with van der Waals surface area (Å²) >= 11 is 0. The molecule has 2 amide bonds. The van der Waals surface area contributed by atoms with Crippen LogP contribution in [0.3, 0.4) is 0 Å². The molecular formula is C32H34N2O2. The Morgan fingerprint density at radius 2 is 1.22 bits per heavy atom. The first-order chi connectivity index (χ1) is 17.2. The zero-order valence-electron chi connectivity index (χ0n) is 21.7. The maximum atomic E-state index is 11.5. The second-order valence-electron chi connectivity index (χ2n) is 10.6. The molecule has 0 fully saturated rings. The first-order valence-corrected chi connectivity index (χ1v) is 12.8. The van der Waals surface area contributed by atoms with Gasteiger partial charge in [-0.3, -0.25) is 9.59 Å². The molecule has 0 aromatic heterocycles. The topological polar surface area (TPSA) is 58.2 Å². The van der Waals surface area contributed by atoms with Gasteiger partial charge in [-0.05, 0) is 82.8 Å². The summed E-state index contributed by atoms with van der Waals surface area (Å²) in [6.07, 6.45) is 3.69. The molecule has 0 spiro atoms. The number of hydrogen-bond donors (Lipinski definition) is 2. The molecule has 3 aliphatic rings. The molecule has 2 N–H and O–H groups in total. The van der Waals surface area contributed by atoms with Crippen LogP contribution in [0.2, 0.25) is 0 Å². The lowest BCUT2D eigenvalue weighted by Crippen LogP contribution is -2.32. The number of anilines is 2. The van der Waals surface area contributed by atoms with Crippen molar-refractivity contribution in [3.8, 4) is 22.3 Å². The Bertz CT molecular complexity index is 1350. The maximum Gasteiger partial charge on any atom is 0.221 e. The van der Waals surface area contributed by atoms with Gasteiger partial charge < -0.3 is 10.6 Å². The van der Waals surface area contributed by atoms with Gasteiger partial charge in [0.2, 0.25) is 11.8 Å². The van der Waals surface area contributed by atoms with E-state index >= 15 is 0 Å². The molecule has 0 radical (unpaired) electrons. The van der Waals surface area contributed by atoms with Crippen molar-refractivity contribution in [3.05, 3.63) is 83.4 Å². The minimum atomic E-state index is -0.0632. The molecule has 4 heteroatoms. The quantitative estimate of drug-likeness (QED) is 0.369. The molecule has 36 heavy (non-hydrogen) atoms. The smallest absolute Gasteiger partial charge is 0.221 e. The molecule has 3 aliphatic carbocycles. The first-order valence-electron chi connectivity index (χ1n) is 12.8. The van der Waals surface area contributed by atoms with Crippen LogP contribution in [0.4, 0.5) is 11.4 Å². The highest BCUT2D eigenvalue weighted by Crippen LogP contribution is 2.58. The molecule has 3 unspecified atom stereocenters. The summed E-state index contributed by atoms with van der Waals surface area (Å²) in [5, 5.41) is 5.74. The fourth-order valence-corrected chi connectivity index (χ4v) is 6.20. The lowest BCUT2D eigenvalue weighted by atomic mass is 9.58. The van der Waals surface area contributed by atoms with Crippen LogP contribution in [0.25, 0.3) is 22.3 Å². The predicted molar refractivity (Wildman–Crippen MR) is 148 cm³/mol. The van der Waals surface area contributed by atoms with E-state index in [0.717, 1.165) is 11.4 Å². The number of nitrogens with one attached hydrogen (secondary N) is 2. The molecule has 3 atom stereocenters. The number of carbonyl (C=O) groups excluding carboxylic acids is 2. The van der Waals surface area contributed by atoms with Gasteiger partial charge in [-0.1, -0.05) is 61.9 Å². The van der Waals surface area contributed by atoms with E-state index in [9.17, 15) is 9.59 Å². The van der Waals surface area contributed by atoms with Crippen LogP contribution in [-0.4, -0.2) is 11.8 Å². The van der Waals surface area contributed by atoms with Gasteiger partial charge >= 0.3 is 0 Å². The minimum absolute atomic E-state index is 0.0631. The molecule has 4 nitrogen and oxygen atoms in total. The summed E-state index contributed by atoms with van der Waals surface area (Å²) in [6.45, 7) is 10.0. The molecule has 0 aliphatic heterocycles. The van der Waals surface area contributed by atoms with E-state index in [0.29, 0.717) is 23.7 Å². The molecule has 3 aromatic rings. The Morgan fingerprint density at radius 1 is 0.750 bits per heavy atom. The van der Waals surface area contributed by atoms with Crippen LogP contribution in [-0.2, 0) is 9.59 Å². The SMILES string of the molecule is CC(=O)Nc1ccc(-c2ccc(-c3ccc(NC(C)=O)cc3)c3c2C2CC(C(C)C)C3C=C2C)cc1. The van der Waals surface area contributed by atoms with Crippen LogP contribution in [0.1, 0.15) is 64.0 Å². The number of carbonyl (C=O) groups is 2. The zero-order valence-corrected chi connectivity index (χ0v) is 21.7. The van der Waals surface area contributed by atoms with Gasteiger partial charge in [0.05, 0.1) is 0 Å². The maximum absolute atomic E-state index is 11.5. The summed E-state index contributed by atoms with van der Waals surface area (Å²) in [4.78, 5) is 23.0. The van der Waals surface area contributed by atoms with Crippen LogP contribution < -0.4 is 10.6 Å². The van der Waals surface area contributed by atoms with Crippen molar-refractivity contribution in [2.24, 2.45) is 11.8 Å². The standard InChI is InChI=1S/C32H34N2O2/c1-18(2)28-17-29-19(3)16-30(28)32-27(23-8-12-25(13-9-23)34-21(5)36)15-14-26(31(29)32)22-6-10-24(11-7-22)33-20(4)35/h6-16,18,28-30H,17H2,1-5H3,(H,33,35)(H,34,36). The second-order valence-corrected chi connectivity index (χ2v) is 10.6. The van der Waals surface area contributed by atoms with Crippen molar-refractivity contribution in [2.45, 2.75) is 52.9 Å². The Balaban J connectivity index is 1.65. The Morgan fingerprint density at radius 3 is 1.67 bits per heavy atom. The van der Waals surface area contributed by atoms with Crippen LogP contribution in [0, 0.1) is 11.8 Å². The molecule has 3 aromatic carbocycles. The van der Waals surface area contributed by atoms with Crippen LogP contribution in [0.15, 0.2) is 72.3 Å². The van der Waals surface area contributed by atoms with Gasteiger partial charge in [0, 0.05) is 37.1 Å². The molecule has 0 saturated carbocycles. The van der Waals surface area contributed by atoms with Crippen LogP contribution >= 0.6 is 0 Å². The van der Waals surface area contributed by atoms with Crippen LogP contribution in [0.5, 0.6) is 0 Å². The zero-order chi connectivity index (χ0) is 25.6. The number of rotatable bonds is 5. The highest BCUT2D eigenvalue weighted by Gasteiger charge is 2.42. The monoisotopic (exact) mass is 478 g/mol. The number of allylic oxidation sites excluding steroid dienone is 2. The fourth-order valence-electron chi connectivity index (χ4n) is 6.20. The van der Waals surface area contributed by atoms with Crippen molar-refractivity contribution < 1.29 is 9.59 Å². The van der Waals surface area contributed by atoms with E-state index in [2.05, 4.69) is 73.9 Å². The van der Waals surface area contributed by atoms with Gasteiger partial charge in [0.1, 0.15) is 0 Å². The van der Waals surface area contributed by atoms with Gasteiger partial charge in [-0.2, -0.15) is 0 Å². The van der Waals surface area contributed by atoms with E-state index < -0.39 is 0 Å². The molecule has 0 heterocycles. The van der Waals surface area contributed by atoms with Gasteiger partial charge in [-0.25, -0.2) is 0 Å². The molecule has 2 bridgehead atoms. The third-order valence-corrected chi connectivity index (χ3v) is 7.82. The van der Waals surface area contributed by atoms with Crippen molar-refractivity contribution >= 4 is 23.2 Å². The van der Waals surface area contributed by atoms with Crippen molar-refractivity contribution in [1.29, 1.82) is 0 Å². The summed E-state index contributed by atoms with van der Waals surface area (Å²) in [6, 6.07) is 20.9. The summed E-state index contributed by atoms with van der Waals surface area (Å²) in [5.41, 5.74) is 10.9. The highest BCUT2D eigenvalue weighted by atomic mass is 16.2. The molecule has 0 saturated heterocycles. The lowest BCUT2D eigenvalue weighted by Gasteiger charge is -2.46. The first kappa shape index (κ1) is 24.1. The molecular weight excluding hydrogens is 444 g/mol. The normalized spacial score (nSPS) is 20.1. The number of amides is 2. The average Bonchev–Trinajstić information content (AvgIpc) is 2.84. The average molecular weight is 479 g/mol. The second kappa shape index (κ2) is 9.42. The highest BCUT2D eigenvalue weighted by molar-refractivity contribution is 5.90. The van der Waals surface area contributed by atoms with E-state index in [1.807, 2.05) is 24.3 Å². The fraction of sp³-hybridized carbons (Fsp3) is 0.312. The Hall–Kier alpha value is -3.66. The van der Waals surface area contributed by atoms with Gasteiger partial charge in [-0.15, -0.1) is 0 Å². The van der Waals surface area contributed by atoms with Gasteiger partial charge in [0.15, 0.2) is 0 Å². The predicted octanol–water partition coefficient (Wildman–Crippen LogP) is 7.74. The van der Waals surface area contributed by atoms with E-state index in [1.54, 1.807) is 0 Å². The third kappa shape index (κ3) is 4.37. The molecule has 6 rings (SSSR count). The van der Waals surface area contributed by atoms with Crippen molar-refractivity contribution in [1.82, 2.24) is 0 Å². The Kier molecular flexibility index (Phi) is 6.29. The third-order valence-electron chi connectivity index (χ3n) is 7.82. The van der Waals surface area contributed by atoms with E-state index in [-0.39, 0.29) is 11.8 Å². The minimum Gasteiger partial charge on any atom is -0.326 e. The number of fused-ring (bicyclic) bond motifs is 1. The van der Waals surface area contributed by atoms with Crippen molar-refractivity contribution in [3.63, 3.8) is 0 Å². The van der Waals surface area contributed by atoms with E-state index in [1.165, 1.54) is 59.2 Å². The lowest BCUT2D eigenvalue weighted by molar-refractivity contribution is -0.115. The van der Waals surface area contributed by atoms with E-state index in [4.69, 9.17) is 0 Å². The summed E-state index contributed by atoms with van der Waals surface area (Å²) in [5.74, 6) is 1.87.